The number of nitrogen functional groups attached to an aromatic ring is 1. The van der Waals surface area contributed by atoms with E-state index in [0.29, 0.717) is 36.9 Å². The van der Waals surface area contributed by atoms with Gasteiger partial charge in [0.15, 0.2) is 0 Å². The second-order valence-corrected chi connectivity index (χ2v) is 5.31. The highest BCUT2D eigenvalue weighted by molar-refractivity contribution is 6.39. The molecule has 21 heavy (non-hydrogen) atoms. The maximum Gasteiger partial charge on any atom is 0.313 e. The van der Waals surface area contributed by atoms with Gasteiger partial charge in [-0.05, 0) is 30.9 Å². The number of aryl methyl sites for hydroxylation is 1. The van der Waals surface area contributed by atoms with Crippen LogP contribution in [-0.2, 0) is 16.0 Å². The van der Waals surface area contributed by atoms with Gasteiger partial charge in [-0.2, -0.15) is 0 Å². The van der Waals surface area contributed by atoms with E-state index in [1.54, 1.807) is 6.07 Å². The molecular weight excluding hydrogens is 268 g/mol. The van der Waals surface area contributed by atoms with Crippen LogP contribution in [-0.4, -0.2) is 34.8 Å². The molecule has 0 aliphatic carbocycles. The van der Waals surface area contributed by atoms with E-state index in [4.69, 9.17) is 5.73 Å². The number of carbonyl (C=O) groups is 2. The summed E-state index contributed by atoms with van der Waals surface area (Å²) in [5, 5.41) is 2.58. The van der Waals surface area contributed by atoms with Crippen molar-refractivity contribution >= 4 is 23.3 Å². The van der Waals surface area contributed by atoms with Crippen LogP contribution in [0.3, 0.4) is 0 Å². The number of pyridine rings is 1. The monoisotopic (exact) mass is 292 g/mol. The number of carbonyl (C=O) groups excluding carboxylic acids is 2. The van der Waals surface area contributed by atoms with Crippen molar-refractivity contribution in [3.63, 3.8) is 0 Å². The number of likely N-dealkylation sites (N-methyl/N-ethyl adjacent to an activating group) is 1. The van der Waals surface area contributed by atoms with E-state index in [9.17, 15) is 9.59 Å². The van der Waals surface area contributed by atoms with Crippen molar-refractivity contribution in [3.8, 4) is 0 Å². The highest BCUT2D eigenvalue weighted by Crippen LogP contribution is 2.15. The average Bonchev–Trinajstić information content (AvgIpc) is 2.45. The van der Waals surface area contributed by atoms with Crippen LogP contribution in [0.2, 0.25) is 0 Å². The van der Waals surface area contributed by atoms with Gasteiger partial charge in [0.05, 0.1) is 11.9 Å². The van der Waals surface area contributed by atoms with Crippen molar-refractivity contribution in [2.24, 2.45) is 5.92 Å². The van der Waals surface area contributed by atoms with Crippen LogP contribution in [0.25, 0.3) is 0 Å². The molecule has 0 fully saturated rings. The minimum Gasteiger partial charge on any atom is -0.383 e. The van der Waals surface area contributed by atoms with Gasteiger partial charge in [-0.15, -0.1) is 0 Å². The zero-order valence-electron chi connectivity index (χ0n) is 13.1. The Morgan fingerprint density at radius 3 is 2.57 bits per heavy atom. The van der Waals surface area contributed by atoms with Crippen molar-refractivity contribution < 1.29 is 9.59 Å². The maximum atomic E-state index is 12.1. The van der Waals surface area contributed by atoms with E-state index >= 15 is 0 Å². The molecule has 0 radical (unpaired) electrons. The fraction of sp³-hybridized carbons (Fsp3) is 0.533. The largest absolute Gasteiger partial charge is 0.383 e. The summed E-state index contributed by atoms with van der Waals surface area (Å²) in [5.41, 5.74) is 7.04. The van der Waals surface area contributed by atoms with E-state index in [2.05, 4.69) is 10.3 Å². The van der Waals surface area contributed by atoms with Gasteiger partial charge in [-0.3, -0.25) is 9.59 Å². The molecule has 3 N–H and O–H groups in total. The van der Waals surface area contributed by atoms with Gasteiger partial charge in [0, 0.05) is 13.1 Å². The SMILES string of the molecule is CCc1cc(NC(=O)C(=O)N(CC)CC(C)C)cnc1N. The molecule has 116 valence electrons. The summed E-state index contributed by atoms with van der Waals surface area (Å²) in [4.78, 5) is 29.7. The first-order valence-corrected chi connectivity index (χ1v) is 7.23. The van der Waals surface area contributed by atoms with Crippen molar-refractivity contribution in [2.75, 3.05) is 24.1 Å². The molecule has 0 saturated heterocycles. The summed E-state index contributed by atoms with van der Waals surface area (Å²) < 4.78 is 0. The van der Waals surface area contributed by atoms with E-state index in [1.807, 2.05) is 27.7 Å². The van der Waals surface area contributed by atoms with Crippen molar-refractivity contribution in [1.82, 2.24) is 9.88 Å². The van der Waals surface area contributed by atoms with Gasteiger partial charge in [-0.1, -0.05) is 20.8 Å². The number of rotatable bonds is 5. The molecule has 1 aromatic heterocycles. The van der Waals surface area contributed by atoms with Crippen LogP contribution in [0.15, 0.2) is 12.3 Å². The number of nitrogens with one attached hydrogen (secondary N) is 1. The highest BCUT2D eigenvalue weighted by atomic mass is 16.2. The molecule has 0 aliphatic heterocycles. The average molecular weight is 292 g/mol. The lowest BCUT2D eigenvalue weighted by atomic mass is 10.2. The number of anilines is 2. The van der Waals surface area contributed by atoms with E-state index < -0.39 is 11.8 Å². The molecule has 6 heteroatoms. The predicted octanol–water partition coefficient (Wildman–Crippen LogP) is 1.67. The van der Waals surface area contributed by atoms with E-state index in [-0.39, 0.29) is 0 Å². The molecule has 0 aliphatic rings. The second-order valence-electron chi connectivity index (χ2n) is 5.31. The molecule has 0 atom stereocenters. The zero-order chi connectivity index (χ0) is 16.0. The van der Waals surface area contributed by atoms with Gasteiger partial charge in [-0.25, -0.2) is 4.98 Å². The fourth-order valence-electron chi connectivity index (χ4n) is 2.00. The van der Waals surface area contributed by atoms with Crippen LogP contribution in [0.1, 0.15) is 33.3 Å². The summed E-state index contributed by atoms with van der Waals surface area (Å²) in [6, 6.07) is 1.74. The lowest BCUT2D eigenvalue weighted by molar-refractivity contribution is -0.143. The fourth-order valence-corrected chi connectivity index (χ4v) is 2.00. The Kier molecular flexibility index (Phi) is 6.14. The Labute approximate surface area is 125 Å². The summed E-state index contributed by atoms with van der Waals surface area (Å²) in [6.45, 7) is 8.88. The minimum absolute atomic E-state index is 0.312. The number of hydrogen-bond donors (Lipinski definition) is 2. The summed E-state index contributed by atoms with van der Waals surface area (Å²) in [5.74, 6) is -0.421. The van der Waals surface area contributed by atoms with Crippen LogP contribution in [0, 0.1) is 5.92 Å². The molecule has 0 spiro atoms. The quantitative estimate of drug-likeness (QED) is 0.808. The predicted molar refractivity (Wildman–Crippen MR) is 83.7 cm³/mol. The van der Waals surface area contributed by atoms with Gasteiger partial charge >= 0.3 is 11.8 Å². The lowest BCUT2D eigenvalue weighted by Crippen LogP contribution is -2.41. The molecule has 1 aromatic rings. The van der Waals surface area contributed by atoms with Gasteiger partial charge in [0.25, 0.3) is 0 Å². The maximum absolute atomic E-state index is 12.1. The number of nitrogens with two attached hydrogens (primary N) is 1. The Morgan fingerprint density at radius 2 is 2.05 bits per heavy atom. The van der Waals surface area contributed by atoms with Crippen LogP contribution < -0.4 is 11.1 Å². The molecule has 0 bridgehead atoms. The first-order valence-electron chi connectivity index (χ1n) is 7.23. The third-order valence-electron chi connectivity index (χ3n) is 3.09. The minimum atomic E-state index is -0.647. The third kappa shape index (κ3) is 4.73. The number of nitrogens with zero attached hydrogens (tertiary/aromatic N) is 2. The Bertz CT molecular complexity index is 514. The van der Waals surface area contributed by atoms with Crippen LogP contribution in [0.5, 0.6) is 0 Å². The summed E-state index contributed by atoms with van der Waals surface area (Å²) >= 11 is 0. The Balaban J connectivity index is 2.78. The molecular formula is C15H24N4O2. The number of amides is 2. The van der Waals surface area contributed by atoms with Crippen molar-refractivity contribution in [3.05, 3.63) is 17.8 Å². The molecule has 2 amide bonds. The lowest BCUT2D eigenvalue weighted by Gasteiger charge is -2.22. The number of aromatic nitrogens is 1. The Hall–Kier alpha value is -2.11. The first-order chi connectivity index (χ1) is 9.88. The van der Waals surface area contributed by atoms with Crippen LogP contribution >= 0.6 is 0 Å². The van der Waals surface area contributed by atoms with Crippen molar-refractivity contribution in [1.29, 1.82) is 0 Å². The van der Waals surface area contributed by atoms with Crippen LogP contribution in [0.4, 0.5) is 11.5 Å². The molecule has 6 nitrogen and oxygen atoms in total. The highest BCUT2D eigenvalue weighted by Gasteiger charge is 2.21. The molecule has 1 rings (SSSR count). The second kappa shape index (κ2) is 7.61. The third-order valence-corrected chi connectivity index (χ3v) is 3.09. The van der Waals surface area contributed by atoms with E-state index in [1.165, 1.54) is 11.1 Å². The zero-order valence-corrected chi connectivity index (χ0v) is 13.1. The topological polar surface area (TPSA) is 88.3 Å². The Morgan fingerprint density at radius 1 is 1.38 bits per heavy atom. The standard InChI is InChI=1S/C15H24N4O2/c1-5-11-7-12(8-17-13(11)16)18-14(20)15(21)19(6-2)9-10(3)4/h7-8,10H,5-6,9H2,1-4H3,(H2,16,17)(H,18,20). The van der Waals surface area contributed by atoms with Gasteiger partial charge in [0.1, 0.15) is 5.82 Å². The van der Waals surface area contributed by atoms with Gasteiger partial charge < -0.3 is 16.0 Å². The molecule has 1 heterocycles. The normalized spacial score (nSPS) is 10.5. The smallest absolute Gasteiger partial charge is 0.313 e. The van der Waals surface area contributed by atoms with Crippen molar-refractivity contribution in [2.45, 2.75) is 34.1 Å². The first kappa shape index (κ1) is 16.9. The molecule has 0 unspecified atom stereocenters. The van der Waals surface area contributed by atoms with Gasteiger partial charge in [0.2, 0.25) is 0 Å². The molecule has 0 aromatic carbocycles. The summed E-state index contributed by atoms with van der Waals surface area (Å²) in [6.07, 6.45) is 2.17. The van der Waals surface area contributed by atoms with E-state index in [0.717, 1.165) is 5.56 Å². The number of hydrogen-bond acceptors (Lipinski definition) is 4. The summed E-state index contributed by atoms with van der Waals surface area (Å²) in [7, 11) is 0. The molecule has 0 saturated carbocycles.